The summed E-state index contributed by atoms with van der Waals surface area (Å²) in [6.07, 6.45) is -1.35. The molecule has 88 valence electrons. The number of hydrogen-bond acceptors (Lipinski definition) is 3. The zero-order valence-corrected chi connectivity index (χ0v) is 9.19. The first-order valence-electron chi connectivity index (χ1n) is 4.77. The van der Waals surface area contributed by atoms with E-state index in [1.807, 2.05) is 0 Å². The maximum Gasteiger partial charge on any atom is 0.414 e. The van der Waals surface area contributed by atoms with Crippen LogP contribution in [0.3, 0.4) is 0 Å². The Morgan fingerprint density at radius 2 is 2.06 bits per heavy atom. The number of ether oxygens (including phenoxy) is 1. The topological polar surface area (TPSA) is 26.3 Å². The monoisotopic (exact) mass is 250 g/mol. The predicted molar refractivity (Wildman–Crippen MR) is 54.0 cm³/mol. The van der Waals surface area contributed by atoms with Crippen molar-refractivity contribution in [2.75, 3.05) is 6.61 Å². The number of carbonyl (C=O) groups excluding carboxylic acids is 1. The van der Waals surface area contributed by atoms with E-state index in [0.717, 1.165) is 11.8 Å². The molecule has 0 aromatic carbocycles. The molecular weight excluding hydrogens is 241 g/mol. The van der Waals surface area contributed by atoms with E-state index in [9.17, 15) is 18.0 Å². The van der Waals surface area contributed by atoms with Crippen LogP contribution in [0.4, 0.5) is 13.2 Å². The maximum atomic E-state index is 12.8. The molecule has 2 heterocycles. The molecule has 0 saturated carbocycles. The highest BCUT2D eigenvalue weighted by molar-refractivity contribution is 8.01. The van der Waals surface area contributed by atoms with Gasteiger partial charge in [0.1, 0.15) is 0 Å². The van der Waals surface area contributed by atoms with Crippen molar-refractivity contribution < 1.29 is 22.7 Å². The zero-order valence-electron chi connectivity index (χ0n) is 8.38. The second kappa shape index (κ2) is 3.84. The van der Waals surface area contributed by atoms with Gasteiger partial charge in [0.05, 0.1) is 28.3 Å². The van der Waals surface area contributed by atoms with E-state index in [4.69, 9.17) is 0 Å². The van der Waals surface area contributed by atoms with E-state index in [0.29, 0.717) is 0 Å². The minimum absolute atomic E-state index is 0.0826. The Hall–Kier alpha value is -0.910. The van der Waals surface area contributed by atoms with Crippen LogP contribution in [0.5, 0.6) is 0 Å². The van der Waals surface area contributed by atoms with Crippen LogP contribution in [-0.2, 0) is 9.53 Å². The van der Waals surface area contributed by atoms with E-state index in [-0.39, 0.29) is 12.2 Å². The lowest BCUT2D eigenvalue weighted by Gasteiger charge is -2.16. The van der Waals surface area contributed by atoms with Crippen molar-refractivity contribution in [3.63, 3.8) is 0 Å². The van der Waals surface area contributed by atoms with Gasteiger partial charge in [-0.3, -0.25) is 0 Å². The standard InChI is InChI=1S/C10H9F3O2S/c1-2-15-9(14)7-5-3-4-6(16-5)8(7)10(11,12)13/h3-6H,2H2,1H3. The van der Waals surface area contributed by atoms with Gasteiger partial charge in [-0.05, 0) is 6.92 Å². The average molecular weight is 250 g/mol. The Bertz CT molecular complexity index is 384. The first-order chi connectivity index (χ1) is 7.45. The summed E-state index contributed by atoms with van der Waals surface area (Å²) in [5.41, 5.74) is -0.977. The van der Waals surface area contributed by atoms with Gasteiger partial charge in [0, 0.05) is 0 Å². The number of alkyl halides is 3. The van der Waals surface area contributed by atoms with Crippen LogP contribution in [-0.4, -0.2) is 29.3 Å². The summed E-state index contributed by atoms with van der Waals surface area (Å²) >= 11 is 1.12. The maximum absolute atomic E-state index is 12.8. The molecule has 16 heavy (non-hydrogen) atoms. The summed E-state index contributed by atoms with van der Waals surface area (Å²) in [5.74, 6) is -0.848. The molecule has 2 rings (SSSR count). The van der Waals surface area contributed by atoms with E-state index < -0.39 is 28.2 Å². The van der Waals surface area contributed by atoms with Gasteiger partial charge in [0.25, 0.3) is 0 Å². The molecule has 2 aliphatic heterocycles. The van der Waals surface area contributed by atoms with E-state index in [1.54, 1.807) is 13.0 Å². The van der Waals surface area contributed by atoms with Crippen molar-refractivity contribution in [1.29, 1.82) is 0 Å². The molecular formula is C10H9F3O2S. The van der Waals surface area contributed by atoms with Crippen molar-refractivity contribution in [3.05, 3.63) is 23.3 Å². The zero-order chi connectivity index (χ0) is 11.9. The third-order valence-electron chi connectivity index (χ3n) is 2.41. The van der Waals surface area contributed by atoms with Gasteiger partial charge >= 0.3 is 12.1 Å². The van der Waals surface area contributed by atoms with Crippen LogP contribution in [0.15, 0.2) is 23.3 Å². The molecule has 0 aromatic rings. The largest absolute Gasteiger partial charge is 0.463 e. The van der Waals surface area contributed by atoms with Crippen LogP contribution in [0, 0.1) is 0 Å². The van der Waals surface area contributed by atoms with Crippen LogP contribution in [0.25, 0.3) is 0 Å². The lowest BCUT2D eigenvalue weighted by atomic mass is 9.96. The highest BCUT2D eigenvalue weighted by Crippen LogP contribution is 2.51. The smallest absolute Gasteiger partial charge is 0.414 e. The summed E-state index contributed by atoms with van der Waals surface area (Å²) in [6.45, 7) is 1.65. The number of rotatable bonds is 2. The highest BCUT2D eigenvalue weighted by atomic mass is 32.2. The molecule has 0 radical (unpaired) electrons. The molecule has 2 nitrogen and oxygen atoms in total. The lowest BCUT2D eigenvalue weighted by molar-refractivity contribution is -0.139. The Labute approximate surface area is 94.5 Å². The van der Waals surface area contributed by atoms with Gasteiger partial charge in [-0.25, -0.2) is 4.79 Å². The Balaban J connectivity index is 2.37. The highest BCUT2D eigenvalue weighted by Gasteiger charge is 2.51. The van der Waals surface area contributed by atoms with E-state index in [2.05, 4.69) is 4.74 Å². The van der Waals surface area contributed by atoms with Crippen molar-refractivity contribution >= 4 is 17.7 Å². The normalized spacial score (nSPS) is 27.8. The fourth-order valence-corrected chi connectivity index (χ4v) is 3.27. The fraction of sp³-hybridized carbons (Fsp3) is 0.500. The molecule has 2 bridgehead atoms. The number of esters is 1. The second-order valence-electron chi connectivity index (χ2n) is 3.41. The molecule has 0 fully saturated rings. The Morgan fingerprint density at radius 1 is 1.44 bits per heavy atom. The molecule has 0 saturated heterocycles. The minimum Gasteiger partial charge on any atom is -0.463 e. The van der Waals surface area contributed by atoms with E-state index in [1.165, 1.54) is 6.08 Å². The summed E-state index contributed by atoms with van der Waals surface area (Å²) < 4.78 is 42.9. The van der Waals surface area contributed by atoms with Crippen molar-refractivity contribution in [1.82, 2.24) is 0 Å². The van der Waals surface area contributed by atoms with Gasteiger partial charge in [0.2, 0.25) is 0 Å². The molecule has 6 heteroatoms. The first-order valence-corrected chi connectivity index (χ1v) is 5.71. The molecule has 2 atom stereocenters. The first kappa shape index (κ1) is 11.6. The lowest BCUT2D eigenvalue weighted by Crippen LogP contribution is -2.25. The molecule has 0 spiro atoms. The second-order valence-corrected chi connectivity index (χ2v) is 4.70. The Morgan fingerprint density at radius 3 is 2.62 bits per heavy atom. The van der Waals surface area contributed by atoms with Gasteiger partial charge < -0.3 is 4.74 Å². The quantitative estimate of drug-likeness (QED) is 0.556. The summed E-state index contributed by atoms with van der Waals surface area (Å²) in [4.78, 5) is 11.5. The van der Waals surface area contributed by atoms with Crippen LogP contribution >= 0.6 is 11.8 Å². The number of hydrogen-bond donors (Lipinski definition) is 0. The molecule has 2 aliphatic rings. The molecule has 0 aromatic heterocycles. The van der Waals surface area contributed by atoms with Crippen LogP contribution in [0.2, 0.25) is 0 Å². The van der Waals surface area contributed by atoms with Gasteiger partial charge in [-0.15, -0.1) is 11.8 Å². The van der Waals surface area contributed by atoms with Gasteiger partial charge in [0.15, 0.2) is 0 Å². The van der Waals surface area contributed by atoms with Crippen molar-refractivity contribution in [2.24, 2.45) is 0 Å². The predicted octanol–water partition coefficient (Wildman–Crippen LogP) is 2.46. The van der Waals surface area contributed by atoms with Gasteiger partial charge in [-0.1, -0.05) is 12.2 Å². The summed E-state index contributed by atoms with van der Waals surface area (Å²) in [5, 5.41) is -1.25. The van der Waals surface area contributed by atoms with Gasteiger partial charge in [-0.2, -0.15) is 13.2 Å². The van der Waals surface area contributed by atoms with Crippen molar-refractivity contribution in [3.8, 4) is 0 Å². The molecule has 2 unspecified atom stereocenters. The SMILES string of the molecule is CCOC(=O)C1=C(C(F)(F)F)C2C=CC1S2. The third kappa shape index (κ3) is 1.75. The number of halogens is 3. The fourth-order valence-electron chi connectivity index (χ4n) is 1.83. The Kier molecular flexibility index (Phi) is 2.77. The summed E-state index contributed by atoms with van der Waals surface area (Å²) in [6, 6.07) is 0. The van der Waals surface area contributed by atoms with Crippen molar-refractivity contribution in [2.45, 2.75) is 23.6 Å². The molecule has 0 aliphatic carbocycles. The number of fused-ring (bicyclic) bond motifs is 2. The van der Waals surface area contributed by atoms with Crippen LogP contribution < -0.4 is 0 Å². The minimum atomic E-state index is -4.46. The molecule has 0 amide bonds. The third-order valence-corrected chi connectivity index (χ3v) is 3.79. The summed E-state index contributed by atoms with van der Waals surface area (Å²) in [7, 11) is 0. The number of thioether (sulfide) groups is 1. The molecule has 0 N–H and O–H groups in total. The number of carbonyl (C=O) groups is 1. The average Bonchev–Trinajstić information content (AvgIpc) is 2.74. The van der Waals surface area contributed by atoms with E-state index >= 15 is 0 Å². The van der Waals surface area contributed by atoms with Crippen LogP contribution in [0.1, 0.15) is 6.92 Å².